The highest BCUT2D eigenvalue weighted by Crippen LogP contribution is 2.33. The van der Waals surface area contributed by atoms with E-state index >= 15 is 0 Å². The van der Waals surface area contributed by atoms with Gasteiger partial charge in [0.2, 0.25) is 0 Å². The van der Waals surface area contributed by atoms with Crippen LogP contribution in [0.25, 0.3) is 11.3 Å². The molecular formula is C14H13BrN2O2. The first kappa shape index (κ1) is 12.4. The first-order valence-corrected chi connectivity index (χ1v) is 7.03. The van der Waals surface area contributed by atoms with Crippen molar-refractivity contribution in [2.24, 2.45) is 0 Å². The van der Waals surface area contributed by atoms with Crippen LogP contribution in [0, 0.1) is 0 Å². The topological polar surface area (TPSA) is 44.1 Å². The molecule has 0 spiro atoms. The number of ether oxygens (including phenoxy) is 1. The molecule has 0 amide bonds. The number of hydrogen-bond acceptors (Lipinski definition) is 3. The Kier molecular flexibility index (Phi) is 3.14. The Hall–Kier alpha value is -1.62. The molecule has 5 heteroatoms. The smallest absolute Gasteiger partial charge is 0.313 e. The van der Waals surface area contributed by atoms with Crippen LogP contribution in [-0.2, 0) is 13.0 Å². The lowest BCUT2D eigenvalue weighted by atomic mass is 9.98. The summed E-state index contributed by atoms with van der Waals surface area (Å²) in [5, 5.41) is 0. The Balaban J connectivity index is 2.27. The Morgan fingerprint density at radius 3 is 3.00 bits per heavy atom. The molecule has 0 N–H and O–H groups in total. The van der Waals surface area contributed by atoms with Crippen molar-refractivity contribution in [3.8, 4) is 17.1 Å². The fourth-order valence-electron chi connectivity index (χ4n) is 2.42. The van der Waals surface area contributed by atoms with E-state index in [1.54, 1.807) is 4.57 Å². The SMILES string of the molecule is CCOc1nc(Br)c2n(c1=O)CCc1ccccc1-2. The highest BCUT2D eigenvalue weighted by molar-refractivity contribution is 9.10. The summed E-state index contributed by atoms with van der Waals surface area (Å²) < 4.78 is 7.69. The van der Waals surface area contributed by atoms with Gasteiger partial charge in [-0.25, -0.2) is 0 Å². The quantitative estimate of drug-likeness (QED) is 0.854. The predicted octanol–water partition coefficient (Wildman–Crippen LogP) is 2.63. The molecule has 0 unspecified atom stereocenters. The fourth-order valence-corrected chi connectivity index (χ4v) is 3.01. The Labute approximate surface area is 119 Å². The Bertz CT molecular complexity index is 694. The van der Waals surface area contributed by atoms with E-state index in [0.717, 1.165) is 17.7 Å². The highest BCUT2D eigenvalue weighted by atomic mass is 79.9. The van der Waals surface area contributed by atoms with Crippen LogP contribution in [0.15, 0.2) is 33.7 Å². The summed E-state index contributed by atoms with van der Waals surface area (Å²) >= 11 is 3.46. The first-order valence-electron chi connectivity index (χ1n) is 6.23. The molecule has 1 aliphatic heterocycles. The summed E-state index contributed by atoms with van der Waals surface area (Å²) in [6.07, 6.45) is 0.852. The van der Waals surface area contributed by atoms with Crippen LogP contribution in [0.2, 0.25) is 0 Å². The minimum Gasteiger partial charge on any atom is -0.474 e. The summed E-state index contributed by atoms with van der Waals surface area (Å²) in [6.45, 7) is 2.94. The van der Waals surface area contributed by atoms with Crippen LogP contribution in [0.3, 0.4) is 0 Å². The molecule has 1 aromatic carbocycles. The van der Waals surface area contributed by atoms with Crippen LogP contribution in [0.5, 0.6) is 5.88 Å². The van der Waals surface area contributed by atoms with Crippen molar-refractivity contribution in [1.82, 2.24) is 9.55 Å². The predicted molar refractivity (Wildman–Crippen MR) is 76.5 cm³/mol. The molecule has 4 nitrogen and oxygen atoms in total. The van der Waals surface area contributed by atoms with Crippen molar-refractivity contribution < 1.29 is 4.74 Å². The molecule has 0 atom stereocenters. The van der Waals surface area contributed by atoms with Gasteiger partial charge in [-0.05, 0) is 34.8 Å². The molecule has 0 radical (unpaired) electrons. The zero-order chi connectivity index (χ0) is 13.4. The molecule has 0 saturated heterocycles. The van der Waals surface area contributed by atoms with E-state index in [-0.39, 0.29) is 11.4 Å². The van der Waals surface area contributed by atoms with Crippen LogP contribution in [0.1, 0.15) is 12.5 Å². The lowest BCUT2D eigenvalue weighted by Gasteiger charge is -2.22. The molecule has 2 aromatic rings. The normalized spacial score (nSPS) is 12.7. The van der Waals surface area contributed by atoms with Gasteiger partial charge in [0.1, 0.15) is 4.60 Å². The van der Waals surface area contributed by atoms with E-state index in [1.807, 2.05) is 25.1 Å². The van der Waals surface area contributed by atoms with Gasteiger partial charge in [0.05, 0.1) is 12.3 Å². The second kappa shape index (κ2) is 4.81. The lowest BCUT2D eigenvalue weighted by Crippen LogP contribution is -2.28. The third kappa shape index (κ3) is 1.98. The molecule has 0 saturated carbocycles. The van der Waals surface area contributed by atoms with Gasteiger partial charge in [-0.15, -0.1) is 0 Å². The van der Waals surface area contributed by atoms with Crippen molar-refractivity contribution >= 4 is 15.9 Å². The van der Waals surface area contributed by atoms with Crippen LogP contribution in [-0.4, -0.2) is 16.2 Å². The summed E-state index contributed by atoms with van der Waals surface area (Å²) in [5.74, 6) is 0.164. The van der Waals surface area contributed by atoms with Gasteiger partial charge in [-0.1, -0.05) is 24.3 Å². The summed E-state index contributed by atoms with van der Waals surface area (Å²) in [7, 11) is 0. The number of fused-ring (bicyclic) bond motifs is 3. The lowest BCUT2D eigenvalue weighted by molar-refractivity contribution is 0.316. The first-order chi connectivity index (χ1) is 9.22. The van der Waals surface area contributed by atoms with E-state index in [9.17, 15) is 4.79 Å². The van der Waals surface area contributed by atoms with Crippen molar-refractivity contribution in [3.05, 3.63) is 44.8 Å². The standard InChI is InChI=1S/C14H13BrN2O2/c1-2-19-13-14(18)17-8-7-9-5-3-4-6-10(9)11(17)12(15)16-13/h3-6H,2,7-8H2,1H3. The molecule has 0 aliphatic carbocycles. The second-order valence-corrected chi connectivity index (χ2v) is 5.10. The number of hydrogen-bond donors (Lipinski definition) is 0. The number of aryl methyl sites for hydroxylation is 1. The Morgan fingerprint density at radius 1 is 1.42 bits per heavy atom. The van der Waals surface area contributed by atoms with Crippen LogP contribution < -0.4 is 10.3 Å². The van der Waals surface area contributed by atoms with Crippen LogP contribution >= 0.6 is 15.9 Å². The second-order valence-electron chi connectivity index (χ2n) is 4.35. The van der Waals surface area contributed by atoms with Gasteiger partial charge in [0.25, 0.3) is 5.88 Å². The third-order valence-electron chi connectivity index (χ3n) is 3.25. The minimum absolute atomic E-state index is 0.158. The molecule has 19 heavy (non-hydrogen) atoms. The largest absolute Gasteiger partial charge is 0.474 e. The van der Waals surface area contributed by atoms with Crippen molar-refractivity contribution in [3.63, 3.8) is 0 Å². The maximum atomic E-state index is 12.3. The van der Waals surface area contributed by atoms with E-state index < -0.39 is 0 Å². The maximum absolute atomic E-state index is 12.3. The average Bonchev–Trinajstić information content (AvgIpc) is 2.43. The van der Waals surface area contributed by atoms with Crippen molar-refractivity contribution in [1.29, 1.82) is 0 Å². The number of rotatable bonds is 2. The van der Waals surface area contributed by atoms with Crippen molar-refractivity contribution in [2.75, 3.05) is 6.61 Å². The van der Waals surface area contributed by atoms with Gasteiger partial charge in [0, 0.05) is 12.1 Å². The van der Waals surface area contributed by atoms with Gasteiger partial charge >= 0.3 is 5.56 Å². The Morgan fingerprint density at radius 2 is 2.21 bits per heavy atom. The zero-order valence-electron chi connectivity index (χ0n) is 10.5. The van der Waals surface area contributed by atoms with Gasteiger partial charge in [-0.3, -0.25) is 4.79 Å². The summed E-state index contributed by atoms with van der Waals surface area (Å²) in [5.41, 5.74) is 2.99. The summed E-state index contributed by atoms with van der Waals surface area (Å²) in [4.78, 5) is 16.6. The highest BCUT2D eigenvalue weighted by Gasteiger charge is 2.22. The van der Waals surface area contributed by atoms with Crippen molar-refractivity contribution in [2.45, 2.75) is 19.9 Å². The fraction of sp³-hybridized carbons (Fsp3) is 0.286. The molecule has 98 valence electrons. The third-order valence-corrected chi connectivity index (χ3v) is 3.80. The number of nitrogens with zero attached hydrogens (tertiary/aromatic N) is 2. The molecule has 2 heterocycles. The van der Waals surface area contributed by atoms with Gasteiger partial charge in [-0.2, -0.15) is 4.98 Å². The maximum Gasteiger partial charge on any atom is 0.313 e. The van der Waals surface area contributed by atoms with Crippen LogP contribution in [0.4, 0.5) is 0 Å². The molecule has 0 fully saturated rings. The van der Waals surface area contributed by atoms with E-state index in [2.05, 4.69) is 27.0 Å². The zero-order valence-corrected chi connectivity index (χ0v) is 12.1. The molecule has 3 rings (SSSR count). The van der Waals surface area contributed by atoms with Gasteiger partial charge < -0.3 is 9.30 Å². The van der Waals surface area contributed by atoms with E-state index in [4.69, 9.17) is 4.74 Å². The van der Waals surface area contributed by atoms with E-state index in [1.165, 1.54) is 5.56 Å². The molecular weight excluding hydrogens is 308 g/mol. The van der Waals surface area contributed by atoms with Gasteiger partial charge in [0.15, 0.2) is 0 Å². The number of halogens is 1. The minimum atomic E-state index is -0.158. The molecule has 0 bridgehead atoms. The summed E-state index contributed by atoms with van der Waals surface area (Å²) in [6, 6.07) is 8.10. The monoisotopic (exact) mass is 320 g/mol. The molecule has 1 aliphatic rings. The number of benzene rings is 1. The molecule has 1 aromatic heterocycles. The average molecular weight is 321 g/mol. The van der Waals surface area contributed by atoms with E-state index in [0.29, 0.717) is 17.8 Å². The number of aromatic nitrogens is 2.